The van der Waals surface area contributed by atoms with Gasteiger partial charge in [-0.3, -0.25) is 14.8 Å². The Morgan fingerprint density at radius 3 is 3.16 bits per heavy atom. The summed E-state index contributed by atoms with van der Waals surface area (Å²) < 4.78 is 5.38. The summed E-state index contributed by atoms with van der Waals surface area (Å²) in [7, 11) is 3.37. The molecule has 0 bridgehead atoms. The molecule has 1 aromatic heterocycles. The third-order valence-electron chi connectivity index (χ3n) is 3.84. The summed E-state index contributed by atoms with van der Waals surface area (Å²) in [5.41, 5.74) is 0.874. The molecule has 1 saturated heterocycles. The molecule has 0 aliphatic carbocycles. The second-order valence-electron chi connectivity index (χ2n) is 5.11. The van der Waals surface area contributed by atoms with Crippen LogP contribution in [0.3, 0.4) is 0 Å². The maximum Gasteiger partial charge on any atom is 0.221 e. The van der Waals surface area contributed by atoms with Gasteiger partial charge in [-0.2, -0.15) is 5.10 Å². The second-order valence-corrected chi connectivity index (χ2v) is 5.11. The molecule has 1 aromatic rings. The van der Waals surface area contributed by atoms with Crippen LogP contribution in [0.1, 0.15) is 25.0 Å². The lowest BCUT2D eigenvalue weighted by Crippen LogP contribution is -2.50. The fourth-order valence-corrected chi connectivity index (χ4v) is 2.89. The normalized spacial score (nSPS) is 23.7. The van der Waals surface area contributed by atoms with Crippen molar-refractivity contribution in [1.29, 1.82) is 0 Å². The van der Waals surface area contributed by atoms with Crippen LogP contribution in [0.25, 0.3) is 0 Å². The van der Waals surface area contributed by atoms with Crippen LogP contribution in [-0.2, 0) is 16.1 Å². The van der Waals surface area contributed by atoms with Gasteiger partial charge in [0.1, 0.15) is 0 Å². The number of H-pyrrole nitrogens is 1. The molecule has 6 heteroatoms. The fraction of sp³-hybridized carbons (Fsp3) is 0.692. The quantitative estimate of drug-likeness (QED) is 0.788. The van der Waals surface area contributed by atoms with E-state index >= 15 is 0 Å². The van der Waals surface area contributed by atoms with Crippen LogP contribution in [0.5, 0.6) is 0 Å². The summed E-state index contributed by atoms with van der Waals surface area (Å²) in [5, 5.41) is 9.66. The summed E-state index contributed by atoms with van der Waals surface area (Å²) in [6, 6.07) is 1.97. The topological polar surface area (TPSA) is 70.2 Å². The van der Waals surface area contributed by atoms with Crippen molar-refractivity contribution >= 4 is 5.91 Å². The van der Waals surface area contributed by atoms with E-state index in [4.69, 9.17) is 4.74 Å². The molecule has 2 rings (SSSR count). The average Bonchev–Trinajstić information content (AvgIpc) is 3.02. The highest BCUT2D eigenvalue weighted by atomic mass is 16.5. The molecule has 0 unspecified atom stereocenters. The van der Waals surface area contributed by atoms with Gasteiger partial charge in [-0.05, 0) is 25.5 Å². The number of aromatic amines is 1. The number of nitrogens with one attached hydrogen (secondary N) is 2. The van der Waals surface area contributed by atoms with Crippen molar-refractivity contribution in [3.8, 4) is 0 Å². The highest BCUT2D eigenvalue weighted by Crippen LogP contribution is 2.34. The number of aromatic nitrogens is 2. The van der Waals surface area contributed by atoms with E-state index in [2.05, 4.69) is 20.4 Å². The van der Waals surface area contributed by atoms with Crippen LogP contribution in [0, 0.1) is 0 Å². The Labute approximate surface area is 113 Å². The SMILES string of the molecule is CNC(=O)C[C@@]1(COC)CCCN1Cc1ccn[nH]1. The Morgan fingerprint density at radius 1 is 1.68 bits per heavy atom. The molecule has 2 N–H and O–H groups in total. The zero-order valence-electron chi connectivity index (χ0n) is 11.6. The standard InChI is InChI=1S/C13H22N4O2/c1-14-12(18)8-13(10-19-2)5-3-7-17(13)9-11-4-6-15-16-11/h4,6H,3,5,7-10H2,1-2H3,(H,14,18)(H,15,16)/t13-/m1/s1. The summed E-state index contributed by atoms with van der Waals surface area (Å²) in [4.78, 5) is 14.1. The van der Waals surface area contributed by atoms with E-state index in [1.807, 2.05) is 6.07 Å². The van der Waals surface area contributed by atoms with Gasteiger partial charge in [-0.15, -0.1) is 0 Å². The highest BCUT2D eigenvalue weighted by Gasteiger charge is 2.42. The number of likely N-dealkylation sites (tertiary alicyclic amines) is 1. The van der Waals surface area contributed by atoms with Crippen molar-refractivity contribution in [2.24, 2.45) is 0 Å². The zero-order valence-corrected chi connectivity index (χ0v) is 11.6. The minimum absolute atomic E-state index is 0.0635. The monoisotopic (exact) mass is 266 g/mol. The van der Waals surface area contributed by atoms with Gasteiger partial charge in [0.2, 0.25) is 5.91 Å². The zero-order chi connectivity index (χ0) is 13.7. The van der Waals surface area contributed by atoms with E-state index < -0.39 is 0 Å². The van der Waals surface area contributed by atoms with Gasteiger partial charge < -0.3 is 10.1 Å². The number of amides is 1. The first-order valence-corrected chi connectivity index (χ1v) is 6.63. The van der Waals surface area contributed by atoms with Crippen LogP contribution in [0.4, 0.5) is 0 Å². The Kier molecular flexibility index (Phi) is 4.55. The smallest absolute Gasteiger partial charge is 0.221 e. The Bertz CT molecular complexity index is 407. The number of carbonyl (C=O) groups is 1. The van der Waals surface area contributed by atoms with Gasteiger partial charge in [-0.1, -0.05) is 0 Å². The average molecular weight is 266 g/mol. The van der Waals surface area contributed by atoms with Gasteiger partial charge in [0.15, 0.2) is 0 Å². The number of hydrogen-bond acceptors (Lipinski definition) is 4. The third-order valence-corrected chi connectivity index (χ3v) is 3.84. The lowest BCUT2D eigenvalue weighted by atomic mass is 9.92. The molecular formula is C13H22N4O2. The van der Waals surface area contributed by atoms with Gasteiger partial charge >= 0.3 is 0 Å². The summed E-state index contributed by atoms with van der Waals surface area (Å²) in [6.07, 6.45) is 4.31. The third kappa shape index (κ3) is 3.13. The maximum atomic E-state index is 11.8. The molecular weight excluding hydrogens is 244 g/mol. The number of carbonyl (C=O) groups excluding carboxylic acids is 1. The molecule has 1 atom stereocenters. The summed E-state index contributed by atoms with van der Waals surface area (Å²) >= 11 is 0. The minimum Gasteiger partial charge on any atom is -0.383 e. The van der Waals surface area contributed by atoms with Crippen LogP contribution < -0.4 is 5.32 Å². The van der Waals surface area contributed by atoms with Gasteiger partial charge in [0.05, 0.1) is 12.1 Å². The molecule has 0 aromatic carbocycles. The van der Waals surface area contributed by atoms with Crippen LogP contribution >= 0.6 is 0 Å². The lowest BCUT2D eigenvalue weighted by Gasteiger charge is -2.37. The maximum absolute atomic E-state index is 11.8. The largest absolute Gasteiger partial charge is 0.383 e. The fourth-order valence-electron chi connectivity index (χ4n) is 2.89. The van der Waals surface area contributed by atoms with Crippen molar-refractivity contribution in [1.82, 2.24) is 20.4 Å². The molecule has 2 heterocycles. The van der Waals surface area contributed by atoms with E-state index in [1.54, 1.807) is 20.4 Å². The first kappa shape index (κ1) is 14.0. The Balaban J connectivity index is 2.12. The first-order valence-electron chi connectivity index (χ1n) is 6.63. The van der Waals surface area contributed by atoms with Gasteiger partial charge in [-0.25, -0.2) is 0 Å². The van der Waals surface area contributed by atoms with Crippen molar-refractivity contribution in [2.75, 3.05) is 27.3 Å². The van der Waals surface area contributed by atoms with E-state index in [0.29, 0.717) is 13.0 Å². The number of rotatable bonds is 6. The number of nitrogens with zero attached hydrogens (tertiary/aromatic N) is 2. The first-order chi connectivity index (χ1) is 9.20. The highest BCUT2D eigenvalue weighted by molar-refractivity contribution is 5.77. The molecule has 106 valence electrons. The predicted octanol–water partition coefficient (Wildman–Crippen LogP) is 0.527. The molecule has 0 spiro atoms. The number of ether oxygens (including phenoxy) is 1. The van der Waals surface area contributed by atoms with Crippen molar-refractivity contribution in [3.05, 3.63) is 18.0 Å². The van der Waals surface area contributed by atoms with Crippen molar-refractivity contribution < 1.29 is 9.53 Å². The molecule has 1 amide bonds. The molecule has 1 aliphatic rings. The van der Waals surface area contributed by atoms with Gasteiger partial charge in [0.25, 0.3) is 0 Å². The van der Waals surface area contributed by atoms with E-state index in [9.17, 15) is 4.79 Å². The van der Waals surface area contributed by atoms with Crippen LogP contribution in [0.15, 0.2) is 12.3 Å². The number of methoxy groups -OCH3 is 1. The predicted molar refractivity (Wildman–Crippen MR) is 71.5 cm³/mol. The molecule has 19 heavy (non-hydrogen) atoms. The van der Waals surface area contributed by atoms with Gasteiger partial charge in [0, 0.05) is 39.0 Å². The number of hydrogen-bond donors (Lipinski definition) is 2. The molecule has 1 fully saturated rings. The molecule has 6 nitrogen and oxygen atoms in total. The van der Waals surface area contributed by atoms with Crippen LogP contribution in [-0.4, -0.2) is 53.9 Å². The molecule has 0 radical (unpaired) electrons. The Morgan fingerprint density at radius 2 is 2.53 bits per heavy atom. The summed E-state index contributed by atoms with van der Waals surface area (Å²) in [5.74, 6) is 0.0635. The minimum atomic E-state index is -0.194. The molecule has 1 aliphatic heterocycles. The van der Waals surface area contributed by atoms with E-state index in [-0.39, 0.29) is 11.4 Å². The van der Waals surface area contributed by atoms with Crippen molar-refractivity contribution in [2.45, 2.75) is 31.3 Å². The lowest BCUT2D eigenvalue weighted by molar-refractivity contribution is -0.124. The Hall–Kier alpha value is -1.40. The van der Waals surface area contributed by atoms with Crippen molar-refractivity contribution in [3.63, 3.8) is 0 Å². The van der Waals surface area contributed by atoms with Crippen LogP contribution in [0.2, 0.25) is 0 Å². The molecule has 0 saturated carbocycles. The second kappa shape index (κ2) is 6.16. The van der Waals surface area contributed by atoms with E-state index in [0.717, 1.165) is 31.6 Å². The van der Waals surface area contributed by atoms with E-state index in [1.165, 1.54) is 0 Å². The summed E-state index contributed by atoms with van der Waals surface area (Å²) in [6.45, 7) is 2.34.